The molecule has 6 heteroatoms. The van der Waals surface area contributed by atoms with Gasteiger partial charge in [0.1, 0.15) is 6.04 Å². The number of nitrogens with one attached hydrogen (secondary N) is 2. The third kappa shape index (κ3) is 3.99. The second-order valence-electron chi connectivity index (χ2n) is 8.80. The van der Waals surface area contributed by atoms with Crippen molar-refractivity contribution < 1.29 is 4.79 Å². The monoisotopic (exact) mass is 449 g/mol. The van der Waals surface area contributed by atoms with Crippen LogP contribution in [-0.2, 0) is 4.79 Å². The Morgan fingerprint density at radius 2 is 1.71 bits per heavy atom. The molecule has 1 aliphatic heterocycles. The van der Waals surface area contributed by atoms with Crippen molar-refractivity contribution >= 4 is 17.5 Å². The molecule has 4 aromatic rings. The minimum Gasteiger partial charge on any atom is -0.328 e. The largest absolute Gasteiger partial charge is 0.328 e. The molecule has 0 fully saturated rings. The van der Waals surface area contributed by atoms with E-state index in [1.54, 1.807) is 0 Å². The zero-order valence-electron chi connectivity index (χ0n) is 19.8. The van der Waals surface area contributed by atoms with E-state index in [4.69, 9.17) is 10.1 Å². The Balaban J connectivity index is 1.61. The number of anilines is 2. The molecule has 5 rings (SSSR count). The minimum absolute atomic E-state index is 0.170. The van der Waals surface area contributed by atoms with Crippen molar-refractivity contribution in [1.82, 2.24) is 14.8 Å². The summed E-state index contributed by atoms with van der Waals surface area (Å²) in [6.07, 6.45) is 0. The van der Waals surface area contributed by atoms with Crippen molar-refractivity contribution in [3.8, 4) is 11.4 Å². The number of carbonyl (C=O) groups is 1. The normalized spacial score (nSPS) is 15.0. The Morgan fingerprint density at radius 3 is 2.44 bits per heavy atom. The van der Waals surface area contributed by atoms with Crippen molar-refractivity contribution in [1.29, 1.82) is 0 Å². The fourth-order valence-electron chi connectivity index (χ4n) is 4.32. The van der Waals surface area contributed by atoms with Crippen molar-refractivity contribution in [2.24, 2.45) is 0 Å². The van der Waals surface area contributed by atoms with E-state index in [-0.39, 0.29) is 5.91 Å². The summed E-state index contributed by atoms with van der Waals surface area (Å²) < 4.78 is 1.83. The van der Waals surface area contributed by atoms with Gasteiger partial charge in [-0.2, -0.15) is 4.98 Å². The van der Waals surface area contributed by atoms with Gasteiger partial charge in [-0.15, -0.1) is 5.10 Å². The Hall–Kier alpha value is -4.19. The molecule has 0 aliphatic carbocycles. The fraction of sp³-hybridized carbons (Fsp3) is 0.179. The van der Waals surface area contributed by atoms with E-state index < -0.39 is 6.04 Å². The first-order valence-corrected chi connectivity index (χ1v) is 11.4. The summed E-state index contributed by atoms with van der Waals surface area (Å²) in [4.78, 5) is 18.3. The molecule has 170 valence electrons. The molecular formula is C28H27N5O. The number of allylic oxidation sites excluding steroid dienone is 1. The fourth-order valence-corrected chi connectivity index (χ4v) is 4.32. The molecule has 0 saturated heterocycles. The topological polar surface area (TPSA) is 71.8 Å². The van der Waals surface area contributed by atoms with Gasteiger partial charge in [0, 0.05) is 16.9 Å². The first-order valence-electron chi connectivity index (χ1n) is 11.4. The van der Waals surface area contributed by atoms with Crippen molar-refractivity contribution in [3.05, 3.63) is 106 Å². The number of rotatable bonds is 4. The van der Waals surface area contributed by atoms with Crippen molar-refractivity contribution in [2.45, 2.75) is 33.7 Å². The molecule has 1 aliphatic rings. The smallest absolute Gasteiger partial charge is 0.255 e. The van der Waals surface area contributed by atoms with Crippen LogP contribution in [0.5, 0.6) is 0 Å². The number of benzene rings is 3. The van der Waals surface area contributed by atoms with Crippen molar-refractivity contribution in [3.63, 3.8) is 0 Å². The summed E-state index contributed by atoms with van der Waals surface area (Å²) in [5.74, 6) is 1.07. The van der Waals surface area contributed by atoms with Crippen molar-refractivity contribution in [2.75, 3.05) is 10.6 Å². The third-order valence-corrected chi connectivity index (χ3v) is 6.25. The lowest BCUT2D eigenvalue weighted by Crippen LogP contribution is -2.31. The number of nitrogens with zero attached hydrogens (tertiary/aromatic N) is 3. The van der Waals surface area contributed by atoms with Gasteiger partial charge in [0.25, 0.3) is 5.91 Å². The minimum atomic E-state index is -0.410. The Bertz CT molecular complexity index is 1420. The lowest BCUT2D eigenvalue weighted by atomic mass is 9.94. The summed E-state index contributed by atoms with van der Waals surface area (Å²) in [7, 11) is 0. The van der Waals surface area contributed by atoms with Gasteiger partial charge in [-0.1, -0.05) is 60.2 Å². The predicted molar refractivity (Wildman–Crippen MR) is 136 cm³/mol. The van der Waals surface area contributed by atoms with E-state index in [0.29, 0.717) is 17.3 Å². The summed E-state index contributed by atoms with van der Waals surface area (Å²) in [5.41, 5.74) is 7.57. The molecule has 1 amide bonds. The highest BCUT2D eigenvalue weighted by Crippen LogP contribution is 2.37. The quantitative estimate of drug-likeness (QED) is 0.413. The molecule has 0 spiro atoms. The Labute approximate surface area is 199 Å². The van der Waals surface area contributed by atoms with E-state index in [0.717, 1.165) is 28.1 Å². The summed E-state index contributed by atoms with van der Waals surface area (Å²) in [6, 6.07) is 23.5. The highest BCUT2D eigenvalue weighted by molar-refractivity contribution is 6.06. The number of para-hydroxylation sites is 1. The van der Waals surface area contributed by atoms with E-state index in [1.807, 2.05) is 73.1 Å². The zero-order chi connectivity index (χ0) is 23.8. The first kappa shape index (κ1) is 21.6. The number of carbonyl (C=O) groups excluding carboxylic acids is 1. The van der Waals surface area contributed by atoms with Crippen LogP contribution in [0.3, 0.4) is 0 Å². The second-order valence-corrected chi connectivity index (χ2v) is 8.80. The number of hydrogen-bond donors (Lipinski definition) is 2. The Kier molecular flexibility index (Phi) is 5.49. The van der Waals surface area contributed by atoms with Crippen LogP contribution in [0.1, 0.15) is 35.2 Å². The SMILES string of the molecule is CC1=C(C(=O)Nc2ccccc2)C(c2cccc(C)c2)n2nc(-c3ccc(C)c(C)c3)nc2N1. The highest BCUT2D eigenvalue weighted by atomic mass is 16.1. The van der Waals surface area contributed by atoms with E-state index in [2.05, 4.69) is 42.7 Å². The lowest BCUT2D eigenvalue weighted by Gasteiger charge is -2.29. The number of aryl methyl sites for hydroxylation is 3. The van der Waals surface area contributed by atoms with Gasteiger partial charge in [0.15, 0.2) is 5.82 Å². The van der Waals surface area contributed by atoms with Crippen LogP contribution in [0, 0.1) is 20.8 Å². The van der Waals surface area contributed by atoms with Gasteiger partial charge < -0.3 is 10.6 Å². The maximum atomic E-state index is 13.5. The molecule has 6 nitrogen and oxygen atoms in total. The zero-order valence-corrected chi connectivity index (χ0v) is 19.8. The molecule has 0 radical (unpaired) electrons. The molecule has 0 saturated carbocycles. The molecule has 1 unspecified atom stereocenters. The van der Waals surface area contributed by atoms with Crippen LogP contribution in [0.2, 0.25) is 0 Å². The van der Waals surface area contributed by atoms with Crippen LogP contribution in [0.4, 0.5) is 11.6 Å². The number of fused-ring (bicyclic) bond motifs is 1. The van der Waals surface area contributed by atoms with Gasteiger partial charge in [0.2, 0.25) is 5.95 Å². The molecule has 34 heavy (non-hydrogen) atoms. The molecule has 2 N–H and O–H groups in total. The Morgan fingerprint density at radius 1 is 0.912 bits per heavy atom. The van der Waals surface area contributed by atoms with Gasteiger partial charge in [-0.05, 0) is 62.6 Å². The average Bonchev–Trinajstić information content (AvgIpc) is 3.24. The number of aromatic nitrogens is 3. The standard InChI is InChI=1S/C28H27N5O/c1-17-9-8-10-21(15-17)25-24(27(34)30-23-11-6-5-7-12-23)20(4)29-28-31-26(32-33(25)28)22-14-13-18(2)19(3)16-22/h5-16,25H,1-4H3,(H,30,34)(H,29,31,32). The summed E-state index contributed by atoms with van der Waals surface area (Å²) >= 11 is 0. The van der Waals surface area contributed by atoms with E-state index >= 15 is 0 Å². The predicted octanol–water partition coefficient (Wildman–Crippen LogP) is 5.80. The molecule has 2 heterocycles. The molecule has 1 atom stereocenters. The third-order valence-electron chi connectivity index (χ3n) is 6.25. The van der Waals surface area contributed by atoms with E-state index in [9.17, 15) is 4.79 Å². The van der Waals surface area contributed by atoms with Crippen LogP contribution >= 0.6 is 0 Å². The summed E-state index contributed by atoms with van der Waals surface area (Å²) in [5, 5.41) is 11.2. The summed E-state index contributed by atoms with van der Waals surface area (Å²) in [6.45, 7) is 8.13. The second kappa shape index (κ2) is 8.63. The van der Waals surface area contributed by atoms with E-state index in [1.165, 1.54) is 11.1 Å². The van der Waals surface area contributed by atoms with Crippen LogP contribution in [0.15, 0.2) is 84.1 Å². The average molecular weight is 450 g/mol. The number of amides is 1. The van der Waals surface area contributed by atoms with Crippen LogP contribution in [-0.4, -0.2) is 20.7 Å². The van der Waals surface area contributed by atoms with Crippen LogP contribution in [0.25, 0.3) is 11.4 Å². The molecular weight excluding hydrogens is 422 g/mol. The van der Waals surface area contributed by atoms with Gasteiger partial charge in [-0.3, -0.25) is 4.79 Å². The molecule has 0 bridgehead atoms. The van der Waals surface area contributed by atoms with Gasteiger partial charge in [-0.25, -0.2) is 4.68 Å². The highest BCUT2D eigenvalue weighted by Gasteiger charge is 2.34. The van der Waals surface area contributed by atoms with Gasteiger partial charge >= 0.3 is 0 Å². The maximum Gasteiger partial charge on any atom is 0.255 e. The lowest BCUT2D eigenvalue weighted by molar-refractivity contribution is -0.113. The van der Waals surface area contributed by atoms with Crippen LogP contribution < -0.4 is 10.6 Å². The maximum absolute atomic E-state index is 13.5. The molecule has 1 aromatic heterocycles. The first-order chi connectivity index (χ1) is 16.4. The number of hydrogen-bond acceptors (Lipinski definition) is 4. The van der Waals surface area contributed by atoms with Gasteiger partial charge in [0.05, 0.1) is 5.57 Å². The molecule has 3 aromatic carbocycles.